The SMILES string of the molecule is C#CCn1c(=O)cnc2ccccc21. The zero-order chi connectivity index (χ0) is 9.97. The third kappa shape index (κ3) is 1.27. The molecule has 68 valence electrons. The fourth-order valence-corrected chi connectivity index (χ4v) is 1.37. The molecule has 2 rings (SSSR count). The second-order valence-corrected chi connectivity index (χ2v) is 2.88. The number of fused-ring (bicyclic) bond motifs is 1. The van der Waals surface area contributed by atoms with Crippen LogP contribution in [0.3, 0.4) is 0 Å². The van der Waals surface area contributed by atoms with E-state index in [1.807, 2.05) is 24.3 Å². The summed E-state index contributed by atoms with van der Waals surface area (Å²) in [6.45, 7) is 0.280. The minimum Gasteiger partial charge on any atom is -0.294 e. The van der Waals surface area contributed by atoms with Crippen LogP contribution in [0.5, 0.6) is 0 Å². The molecule has 0 saturated carbocycles. The summed E-state index contributed by atoms with van der Waals surface area (Å²) in [5, 5.41) is 0. The molecule has 0 radical (unpaired) electrons. The molecular formula is C11H8N2O. The van der Waals surface area contributed by atoms with E-state index in [0.717, 1.165) is 11.0 Å². The Kier molecular flexibility index (Phi) is 2.04. The van der Waals surface area contributed by atoms with E-state index in [-0.39, 0.29) is 12.1 Å². The number of aromatic nitrogens is 2. The average Bonchev–Trinajstić information content (AvgIpc) is 2.23. The topological polar surface area (TPSA) is 34.9 Å². The summed E-state index contributed by atoms with van der Waals surface area (Å²) in [4.78, 5) is 15.4. The molecule has 2 aromatic rings. The Labute approximate surface area is 81.0 Å². The predicted octanol–water partition coefficient (Wildman–Crippen LogP) is 1.03. The molecule has 14 heavy (non-hydrogen) atoms. The van der Waals surface area contributed by atoms with E-state index in [4.69, 9.17) is 6.42 Å². The van der Waals surface area contributed by atoms with Crippen LogP contribution in [0.2, 0.25) is 0 Å². The van der Waals surface area contributed by atoms with Gasteiger partial charge in [0, 0.05) is 0 Å². The maximum Gasteiger partial charge on any atom is 0.270 e. The molecule has 0 unspecified atom stereocenters. The summed E-state index contributed by atoms with van der Waals surface area (Å²) in [7, 11) is 0. The van der Waals surface area contributed by atoms with Gasteiger partial charge in [-0.2, -0.15) is 0 Å². The fraction of sp³-hybridized carbons (Fsp3) is 0.0909. The van der Waals surface area contributed by atoms with Crippen LogP contribution in [-0.2, 0) is 6.54 Å². The normalized spacial score (nSPS) is 9.93. The monoisotopic (exact) mass is 184 g/mol. The van der Waals surface area contributed by atoms with Gasteiger partial charge in [-0.25, -0.2) is 4.98 Å². The van der Waals surface area contributed by atoms with Crippen molar-refractivity contribution in [1.29, 1.82) is 0 Å². The molecule has 1 heterocycles. The number of nitrogens with zero attached hydrogens (tertiary/aromatic N) is 2. The smallest absolute Gasteiger partial charge is 0.270 e. The molecule has 0 aliphatic carbocycles. The van der Waals surface area contributed by atoms with Crippen molar-refractivity contribution in [3.63, 3.8) is 0 Å². The van der Waals surface area contributed by atoms with Crippen LogP contribution >= 0.6 is 0 Å². The van der Waals surface area contributed by atoms with E-state index >= 15 is 0 Å². The maximum atomic E-state index is 11.4. The lowest BCUT2D eigenvalue weighted by molar-refractivity contribution is 0.826. The molecule has 3 heteroatoms. The van der Waals surface area contributed by atoms with Crippen molar-refractivity contribution in [3.05, 3.63) is 40.8 Å². The minimum absolute atomic E-state index is 0.165. The van der Waals surface area contributed by atoms with Crippen molar-refractivity contribution in [2.24, 2.45) is 0 Å². The number of para-hydroxylation sites is 2. The predicted molar refractivity (Wildman–Crippen MR) is 54.8 cm³/mol. The first-order valence-corrected chi connectivity index (χ1v) is 4.21. The Morgan fingerprint density at radius 3 is 3.00 bits per heavy atom. The van der Waals surface area contributed by atoms with Crippen molar-refractivity contribution in [1.82, 2.24) is 9.55 Å². The molecule has 3 nitrogen and oxygen atoms in total. The zero-order valence-electron chi connectivity index (χ0n) is 7.47. The van der Waals surface area contributed by atoms with Gasteiger partial charge in [0.05, 0.1) is 23.8 Å². The van der Waals surface area contributed by atoms with Crippen molar-refractivity contribution in [2.45, 2.75) is 6.54 Å². The fourth-order valence-electron chi connectivity index (χ4n) is 1.37. The molecule has 1 aromatic heterocycles. The van der Waals surface area contributed by atoms with Gasteiger partial charge in [0.1, 0.15) is 0 Å². The third-order valence-electron chi connectivity index (χ3n) is 2.00. The Morgan fingerprint density at radius 1 is 1.43 bits per heavy atom. The molecule has 0 atom stereocenters. The van der Waals surface area contributed by atoms with Crippen molar-refractivity contribution in [2.75, 3.05) is 0 Å². The van der Waals surface area contributed by atoms with Gasteiger partial charge < -0.3 is 0 Å². The molecule has 0 aliphatic heterocycles. The molecule has 1 aromatic carbocycles. The number of hydrogen-bond donors (Lipinski definition) is 0. The van der Waals surface area contributed by atoms with E-state index in [1.54, 1.807) is 0 Å². The van der Waals surface area contributed by atoms with Gasteiger partial charge >= 0.3 is 0 Å². The summed E-state index contributed by atoms with van der Waals surface area (Å²) in [5.41, 5.74) is 1.39. The summed E-state index contributed by atoms with van der Waals surface area (Å²) in [5.74, 6) is 2.45. The van der Waals surface area contributed by atoms with Crippen LogP contribution in [0, 0.1) is 12.3 Å². The molecule has 0 amide bonds. The Hall–Kier alpha value is -2.08. The molecular weight excluding hydrogens is 176 g/mol. The van der Waals surface area contributed by atoms with Crippen molar-refractivity contribution < 1.29 is 0 Å². The quantitative estimate of drug-likeness (QED) is 0.620. The van der Waals surface area contributed by atoms with Gasteiger partial charge in [-0.15, -0.1) is 6.42 Å². The number of rotatable bonds is 1. The highest BCUT2D eigenvalue weighted by atomic mass is 16.1. The number of benzene rings is 1. The minimum atomic E-state index is -0.165. The van der Waals surface area contributed by atoms with E-state index < -0.39 is 0 Å². The molecule has 0 N–H and O–H groups in total. The van der Waals surface area contributed by atoms with Gasteiger partial charge in [-0.05, 0) is 12.1 Å². The van der Waals surface area contributed by atoms with Crippen LogP contribution in [-0.4, -0.2) is 9.55 Å². The first kappa shape index (κ1) is 8.52. The Balaban J connectivity index is 2.84. The molecule has 0 saturated heterocycles. The molecule has 0 aliphatic rings. The largest absolute Gasteiger partial charge is 0.294 e. The van der Waals surface area contributed by atoms with Gasteiger partial charge in [0.15, 0.2) is 0 Å². The van der Waals surface area contributed by atoms with Gasteiger partial charge in [0.25, 0.3) is 5.56 Å². The first-order chi connectivity index (χ1) is 6.83. The van der Waals surface area contributed by atoms with Gasteiger partial charge in [0.2, 0.25) is 0 Å². The van der Waals surface area contributed by atoms with Crippen LogP contribution in [0.25, 0.3) is 11.0 Å². The lowest BCUT2D eigenvalue weighted by Crippen LogP contribution is -2.19. The maximum absolute atomic E-state index is 11.4. The standard InChI is InChI=1S/C11H8N2O/c1-2-7-13-10-6-4-3-5-9(10)12-8-11(13)14/h1,3-6,8H,7H2. The van der Waals surface area contributed by atoms with E-state index in [0.29, 0.717) is 0 Å². The number of terminal acetylenes is 1. The van der Waals surface area contributed by atoms with Crippen LogP contribution in [0.1, 0.15) is 0 Å². The van der Waals surface area contributed by atoms with Crippen LogP contribution < -0.4 is 5.56 Å². The van der Waals surface area contributed by atoms with Crippen molar-refractivity contribution >= 4 is 11.0 Å². The highest BCUT2D eigenvalue weighted by molar-refractivity contribution is 5.74. The molecule has 0 spiro atoms. The average molecular weight is 184 g/mol. The summed E-state index contributed by atoms with van der Waals surface area (Å²) >= 11 is 0. The van der Waals surface area contributed by atoms with Crippen LogP contribution in [0.4, 0.5) is 0 Å². The van der Waals surface area contributed by atoms with E-state index in [9.17, 15) is 4.79 Å². The van der Waals surface area contributed by atoms with Gasteiger partial charge in [-0.3, -0.25) is 9.36 Å². The summed E-state index contributed by atoms with van der Waals surface area (Å²) < 4.78 is 1.53. The first-order valence-electron chi connectivity index (χ1n) is 4.21. The summed E-state index contributed by atoms with van der Waals surface area (Å²) in [6, 6.07) is 7.42. The highest BCUT2D eigenvalue weighted by Crippen LogP contribution is 2.07. The van der Waals surface area contributed by atoms with E-state index in [1.165, 1.54) is 10.8 Å². The lowest BCUT2D eigenvalue weighted by Gasteiger charge is -2.04. The van der Waals surface area contributed by atoms with E-state index in [2.05, 4.69) is 10.9 Å². The molecule has 0 fully saturated rings. The Morgan fingerprint density at radius 2 is 2.21 bits per heavy atom. The Bertz CT molecular complexity index is 563. The third-order valence-corrected chi connectivity index (χ3v) is 2.00. The lowest BCUT2D eigenvalue weighted by atomic mass is 10.3. The van der Waals surface area contributed by atoms with Gasteiger partial charge in [-0.1, -0.05) is 18.1 Å². The highest BCUT2D eigenvalue weighted by Gasteiger charge is 2.00. The zero-order valence-corrected chi connectivity index (χ0v) is 7.47. The second kappa shape index (κ2) is 3.35. The molecule has 0 bridgehead atoms. The van der Waals surface area contributed by atoms with Crippen molar-refractivity contribution in [3.8, 4) is 12.3 Å². The summed E-state index contributed by atoms with van der Waals surface area (Å²) in [6.07, 6.45) is 6.48. The second-order valence-electron chi connectivity index (χ2n) is 2.88. The van der Waals surface area contributed by atoms with Crippen LogP contribution in [0.15, 0.2) is 35.3 Å². The number of hydrogen-bond acceptors (Lipinski definition) is 2.